The lowest BCUT2D eigenvalue weighted by molar-refractivity contribution is 0.0390. The molecule has 1 N–H and O–H groups in total. The van der Waals surface area contributed by atoms with Crippen LogP contribution in [0.25, 0.3) is 0 Å². The van der Waals surface area contributed by atoms with E-state index in [0.29, 0.717) is 5.92 Å². The molecular formula is C9H17NO. The fraction of sp³-hybridized carbons (Fsp3) is 1.00. The molecule has 0 aromatic rings. The molecule has 2 rings (SSSR count). The standard InChI is InChI=1S/C9H17NO/c1-10-6-2-3-8(7-10)9(11)4-5-9/h8,11H,2-7H2,1H3. The molecule has 64 valence electrons. The average molecular weight is 155 g/mol. The average Bonchev–Trinajstić information content (AvgIpc) is 2.70. The highest BCUT2D eigenvalue weighted by atomic mass is 16.3. The van der Waals surface area contributed by atoms with Gasteiger partial charge in [0.25, 0.3) is 0 Å². The highest BCUT2D eigenvalue weighted by Crippen LogP contribution is 2.45. The molecule has 0 spiro atoms. The third kappa shape index (κ3) is 1.42. The lowest BCUT2D eigenvalue weighted by Gasteiger charge is -2.32. The van der Waals surface area contributed by atoms with Gasteiger partial charge in [0.1, 0.15) is 0 Å². The Labute approximate surface area is 68.2 Å². The first-order valence-electron chi connectivity index (χ1n) is 4.62. The van der Waals surface area contributed by atoms with Gasteiger partial charge in [-0.05, 0) is 39.3 Å². The molecule has 2 fully saturated rings. The van der Waals surface area contributed by atoms with Crippen LogP contribution in [0.4, 0.5) is 0 Å². The van der Waals surface area contributed by atoms with Gasteiger partial charge in [-0.25, -0.2) is 0 Å². The minimum Gasteiger partial charge on any atom is -0.390 e. The van der Waals surface area contributed by atoms with E-state index in [2.05, 4.69) is 11.9 Å². The highest BCUT2D eigenvalue weighted by Gasteiger charge is 2.48. The lowest BCUT2D eigenvalue weighted by Crippen LogP contribution is -2.39. The van der Waals surface area contributed by atoms with Crippen LogP contribution >= 0.6 is 0 Å². The van der Waals surface area contributed by atoms with E-state index in [1.54, 1.807) is 0 Å². The predicted octanol–water partition coefficient (Wildman–Crippen LogP) is 0.853. The molecule has 1 aliphatic heterocycles. The molecule has 0 radical (unpaired) electrons. The summed E-state index contributed by atoms with van der Waals surface area (Å²) in [6.45, 7) is 2.32. The van der Waals surface area contributed by atoms with Crippen molar-refractivity contribution < 1.29 is 5.11 Å². The fourth-order valence-electron chi connectivity index (χ4n) is 2.14. The summed E-state index contributed by atoms with van der Waals surface area (Å²) >= 11 is 0. The van der Waals surface area contributed by atoms with Crippen LogP contribution in [0, 0.1) is 5.92 Å². The second-order valence-electron chi connectivity index (χ2n) is 4.20. The van der Waals surface area contributed by atoms with Gasteiger partial charge >= 0.3 is 0 Å². The Morgan fingerprint density at radius 3 is 2.73 bits per heavy atom. The summed E-state index contributed by atoms with van der Waals surface area (Å²) in [7, 11) is 2.15. The Bertz CT molecular complexity index is 154. The first-order valence-corrected chi connectivity index (χ1v) is 4.62. The van der Waals surface area contributed by atoms with Gasteiger partial charge in [-0.3, -0.25) is 0 Å². The number of hydrogen-bond donors (Lipinski definition) is 1. The Kier molecular flexibility index (Phi) is 1.69. The summed E-state index contributed by atoms with van der Waals surface area (Å²) in [5.74, 6) is 0.571. The minimum absolute atomic E-state index is 0.241. The Morgan fingerprint density at radius 1 is 1.45 bits per heavy atom. The van der Waals surface area contributed by atoms with Crippen molar-refractivity contribution in [3.05, 3.63) is 0 Å². The van der Waals surface area contributed by atoms with Gasteiger partial charge in [-0.1, -0.05) is 0 Å². The SMILES string of the molecule is CN1CCCC(C2(O)CC2)C1. The van der Waals surface area contributed by atoms with Crippen LogP contribution < -0.4 is 0 Å². The molecule has 11 heavy (non-hydrogen) atoms. The largest absolute Gasteiger partial charge is 0.390 e. The van der Waals surface area contributed by atoms with Gasteiger partial charge in [-0.15, -0.1) is 0 Å². The third-order valence-electron chi connectivity index (χ3n) is 3.15. The van der Waals surface area contributed by atoms with Crippen molar-refractivity contribution >= 4 is 0 Å². The van der Waals surface area contributed by atoms with E-state index in [1.807, 2.05) is 0 Å². The number of rotatable bonds is 1. The molecular weight excluding hydrogens is 138 g/mol. The van der Waals surface area contributed by atoms with E-state index in [4.69, 9.17) is 0 Å². The van der Waals surface area contributed by atoms with Crippen molar-refractivity contribution in [2.75, 3.05) is 20.1 Å². The number of nitrogens with zero attached hydrogens (tertiary/aromatic N) is 1. The van der Waals surface area contributed by atoms with Crippen molar-refractivity contribution in [3.8, 4) is 0 Å². The maximum Gasteiger partial charge on any atom is 0.0690 e. The van der Waals surface area contributed by atoms with Crippen LogP contribution in [0.15, 0.2) is 0 Å². The fourth-order valence-corrected chi connectivity index (χ4v) is 2.14. The number of piperidine rings is 1. The van der Waals surface area contributed by atoms with Crippen LogP contribution in [-0.4, -0.2) is 35.7 Å². The van der Waals surface area contributed by atoms with Gasteiger partial charge in [0.15, 0.2) is 0 Å². The normalized spacial score (nSPS) is 37.1. The Hall–Kier alpha value is -0.0800. The quantitative estimate of drug-likeness (QED) is 0.607. The highest BCUT2D eigenvalue weighted by molar-refractivity contribution is 5.00. The third-order valence-corrected chi connectivity index (χ3v) is 3.15. The smallest absolute Gasteiger partial charge is 0.0690 e. The zero-order valence-electron chi connectivity index (χ0n) is 7.21. The topological polar surface area (TPSA) is 23.5 Å². The van der Waals surface area contributed by atoms with Crippen LogP contribution in [0.1, 0.15) is 25.7 Å². The van der Waals surface area contributed by atoms with Crippen molar-refractivity contribution in [2.24, 2.45) is 5.92 Å². The predicted molar refractivity (Wildman–Crippen MR) is 44.4 cm³/mol. The van der Waals surface area contributed by atoms with Gasteiger partial charge in [-0.2, -0.15) is 0 Å². The van der Waals surface area contributed by atoms with Crippen LogP contribution in [0.5, 0.6) is 0 Å². The number of hydrogen-bond acceptors (Lipinski definition) is 2. The van der Waals surface area contributed by atoms with Gasteiger partial charge in [0, 0.05) is 12.5 Å². The minimum atomic E-state index is -0.241. The number of aliphatic hydroxyl groups is 1. The summed E-state index contributed by atoms with van der Waals surface area (Å²) in [5, 5.41) is 9.84. The van der Waals surface area contributed by atoms with Crippen molar-refractivity contribution in [3.63, 3.8) is 0 Å². The lowest BCUT2D eigenvalue weighted by atomic mass is 9.91. The Morgan fingerprint density at radius 2 is 2.18 bits per heavy atom. The van der Waals surface area contributed by atoms with Crippen molar-refractivity contribution in [1.82, 2.24) is 4.90 Å². The van der Waals surface area contributed by atoms with E-state index < -0.39 is 0 Å². The molecule has 0 amide bonds. The molecule has 1 atom stereocenters. The second kappa shape index (κ2) is 2.46. The molecule has 2 aliphatic rings. The summed E-state index contributed by atoms with van der Waals surface area (Å²) in [6.07, 6.45) is 4.60. The van der Waals surface area contributed by atoms with Gasteiger partial charge in [0.05, 0.1) is 5.60 Å². The van der Waals surface area contributed by atoms with Crippen LogP contribution in [-0.2, 0) is 0 Å². The molecule has 1 aliphatic carbocycles. The Balaban J connectivity index is 1.93. The van der Waals surface area contributed by atoms with Crippen LogP contribution in [0.3, 0.4) is 0 Å². The van der Waals surface area contributed by atoms with E-state index >= 15 is 0 Å². The first-order chi connectivity index (χ1) is 5.21. The zero-order chi connectivity index (χ0) is 7.90. The van der Waals surface area contributed by atoms with E-state index in [1.165, 1.54) is 19.4 Å². The summed E-state index contributed by atoms with van der Waals surface area (Å²) < 4.78 is 0. The van der Waals surface area contributed by atoms with E-state index in [9.17, 15) is 5.11 Å². The summed E-state index contributed by atoms with van der Waals surface area (Å²) in [5.41, 5.74) is -0.241. The molecule has 1 saturated heterocycles. The molecule has 0 aromatic heterocycles. The van der Waals surface area contributed by atoms with Crippen molar-refractivity contribution in [1.29, 1.82) is 0 Å². The molecule has 2 heteroatoms. The molecule has 1 unspecified atom stereocenters. The maximum atomic E-state index is 9.84. The van der Waals surface area contributed by atoms with Gasteiger partial charge in [0.2, 0.25) is 0 Å². The summed E-state index contributed by atoms with van der Waals surface area (Å²) in [4.78, 5) is 2.34. The first kappa shape index (κ1) is 7.56. The van der Waals surface area contributed by atoms with Gasteiger partial charge < -0.3 is 10.0 Å². The van der Waals surface area contributed by atoms with E-state index in [-0.39, 0.29) is 5.60 Å². The maximum absolute atomic E-state index is 9.84. The molecule has 1 saturated carbocycles. The monoisotopic (exact) mass is 155 g/mol. The zero-order valence-corrected chi connectivity index (χ0v) is 7.21. The van der Waals surface area contributed by atoms with Crippen molar-refractivity contribution in [2.45, 2.75) is 31.3 Å². The molecule has 2 nitrogen and oxygen atoms in total. The van der Waals surface area contributed by atoms with E-state index in [0.717, 1.165) is 19.4 Å². The number of likely N-dealkylation sites (tertiary alicyclic amines) is 1. The molecule has 0 bridgehead atoms. The second-order valence-corrected chi connectivity index (χ2v) is 4.20. The summed E-state index contributed by atoms with van der Waals surface area (Å²) in [6, 6.07) is 0. The van der Waals surface area contributed by atoms with Crippen LogP contribution in [0.2, 0.25) is 0 Å². The molecule has 1 heterocycles. The molecule has 0 aromatic carbocycles.